The third kappa shape index (κ3) is 1.96. The van der Waals surface area contributed by atoms with Gasteiger partial charge in [0.25, 0.3) is 0 Å². The molecule has 0 spiro atoms. The van der Waals surface area contributed by atoms with Gasteiger partial charge in [-0.15, -0.1) is 0 Å². The lowest BCUT2D eigenvalue weighted by atomic mass is 9.83. The van der Waals surface area contributed by atoms with Gasteiger partial charge in [0.1, 0.15) is 13.2 Å². The zero-order chi connectivity index (χ0) is 13.7. The Kier molecular flexibility index (Phi) is 3.02. The molecule has 20 heavy (non-hydrogen) atoms. The number of halogens is 1. The van der Waals surface area contributed by atoms with Crippen LogP contribution in [-0.4, -0.2) is 19.0 Å². The van der Waals surface area contributed by atoms with Crippen LogP contribution in [0.25, 0.3) is 0 Å². The lowest BCUT2D eigenvalue weighted by molar-refractivity contribution is 0.0872. The van der Waals surface area contributed by atoms with Gasteiger partial charge >= 0.3 is 0 Å². The Hall–Kier alpha value is -1.03. The van der Waals surface area contributed by atoms with Crippen molar-refractivity contribution in [1.29, 1.82) is 0 Å². The van der Waals surface area contributed by atoms with Crippen molar-refractivity contribution in [2.45, 2.75) is 25.7 Å². The van der Waals surface area contributed by atoms with Gasteiger partial charge in [0.15, 0.2) is 17.3 Å². The van der Waals surface area contributed by atoms with E-state index in [0.717, 1.165) is 28.1 Å². The van der Waals surface area contributed by atoms with Gasteiger partial charge in [0, 0.05) is 16.0 Å². The van der Waals surface area contributed by atoms with Crippen molar-refractivity contribution in [3.8, 4) is 11.5 Å². The molecule has 1 aromatic carbocycles. The molecule has 3 aliphatic rings. The number of Topliss-reactive ketones (excluding diaryl/α,β-unsaturated/α-hetero) is 1. The Balaban J connectivity index is 1.66. The van der Waals surface area contributed by atoms with Gasteiger partial charge < -0.3 is 9.47 Å². The first kappa shape index (κ1) is 12.7. The van der Waals surface area contributed by atoms with Crippen LogP contribution in [-0.2, 0) is 0 Å². The number of carbonyl (C=O) groups is 1. The van der Waals surface area contributed by atoms with E-state index >= 15 is 0 Å². The predicted octanol–water partition coefficient (Wildman–Crippen LogP) is 3.84. The van der Waals surface area contributed by atoms with E-state index in [1.807, 2.05) is 12.1 Å². The summed E-state index contributed by atoms with van der Waals surface area (Å²) in [6.07, 6.45) is 4.86. The molecule has 2 fully saturated rings. The van der Waals surface area contributed by atoms with E-state index in [1.54, 1.807) is 0 Å². The Morgan fingerprint density at radius 3 is 2.50 bits per heavy atom. The Bertz CT molecular complexity index is 569. The number of ketones is 1. The number of fused-ring (bicyclic) bond motifs is 3. The van der Waals surface area contributed by atoms with Gasteiger partial charge in [-0.25, -0.2) is 0 Å². The first-order valence-electron chi connectivity index (χ1n) is 7.35. The standard InChI is InChI=1S/C16H17BrO3/c17-13-8-15-14(19-3-4-20-15)7-12(13)16(18)11-6-9-1-2-10(11)5-9/h7-11H,1-6H2. The zero-order valence-electron chi connectivity index (χ0n) is 11.2. The largest absolute Gasteiger partial charge is 0.486 e. The van der Waals surface area contributed by atoms with Crippen LogP contribution in [0.2, 0.25) is 0 Å². The van der Waals surface area contributed by atoms with E-state index in [4.69, 9.17) is 9.47 Å². The van der Waals surface area contributed by atoms with Gasteiger partial charge in [-0.2, -0.15) is 0 Å². The van der Waals surface area contributed by atoms with E-state index < -0.39 is 0 Å². The molecule has 2 aliphatic carbocycles. The quantitative estimate of drug-likeness (QED) is 0.769. The summed E-state index contributed by atoms with van der Waals surface area (Å²) >= 11 is 3.52. The molecule has 4 rings (SSSR count). The second-order valence-electron chi connectivity index (χ2n) is 6.12. The van der Waals surface area contributed by atoms with E-state index in [0.29, 0.717) is 24.9 Å². The maximum Gasteiger partial charge on any atom is 0.167 e. The van der Waals surface area contributed by atoms with E-state index in [1.165, 1.54) is 19.3 Å². The highest BCUT2D eigenvalue weighted by Crippen LogP contribution is 2.50. The van der Waals surface area contributed by atoms with Crippen molar-refractivity contribution in [3.05, 3.63) is 22.2 Å². The van der Waals surface area contributed by atoms with Crippen molar-refractivity contribution >= 4 is 21.7 Å². The molecule has 1 aliphatic heterocycles. The summed E-state index contributed by atoms with van der Waals surface area (Å²) in [5.74, 6) is 3.31. The molecule has 3 atom stereocenters. The lowest BCUT2D eigenvalue weighted by Gasteiger charge is -2.23. The Morgan fingerprint density at radius 2 is 1.85 bits per heavy atom. The second-order valence-corrected chi connectivity index (χ2v) is 6.98. The maximum atomic E-state index is 12.8. The summed E-state index contributed by atoms with van der Waals surface area (Å²) in [6.45, 7) is 1.12. The number of hydrogen-bond acceptors (Lipinski definition) is 3. The predicted molar refractivity (Wildman–Crippen MR) is 78.4 cm³/mol. The van der Waals surface area contributed by atoms with E-state index in [9.17, 15) is 4.79 Å². The second kappa shape index (κ2) is 4.76. The fourth-order valence-electron chi connectivity index (χ4n) is 4.02. The molecule has 2 bridgehead atoms. The normalized spacial score (nSPS) is 30.6. The Labute approximate surface area is 126 Å². The van der Waals surface area contributed by atoms with Gasteiger partial charge in [0.05, 0.1) is 0 Å². The number of rotatable bonds is 2. The van der Waals surface area contributed by atoms with E-state index in [2.05, 4.69) is 15.9 Å². The average Bonchev–Trinajstić information content (AvgIpc) is 3.08. The highest BCUT2D eigenvalue weighted by molar-refractivity contribution is 9.10. The summed E-state index contributed by atoms with van der Waals surface area (Å²) in [5.41, 5.74) is 0.756. The third-order valence-corrected chi connectivity index (χ3v) is 5.63. The van der Waals surface area contributed by atoms with Gasteiger partial charge in [-0.1, -0.05) is 6.42 Å². The van der Waals surface area contributed by atoms with Crippen molar-refractivity contribution in [3.63, 3.8) is 0 Å². The Morgan fingerprint density at radius 1 is 1.10 bits per heavy atom. The molecule has 0 radical (unpaired) electrons. The topological polar surface area (TPSA) is 35.5 Å². The van der Waals surface area contributed by atoms with Gasteiger partial charge in [-0.05, 0) is 59.2 Å². The van der Waals surface area contributed by atoms with E-state index in [-0.39, 0.29) is 11.7 Å². The number of hydrogen-bond donors (Lipinski definition) is 0. The van der Waals surface area contributed by atoms with Crippen LogP contribution in [0, 0.1) is 17.8 Å². The lowest BCUT2D eigenvalue weighted by Crippen LogP contribution is -2.22. The van der Waals surface area contributed by atoms with Crippen molar-refractivity contribution in [2.75, 3.05) is 13.2 Å². The first-order chi connectivity index (χ1) is 9.72. The molecule has 1 aromatic rings. The zero-order valence-corrected chi connectivity index (χ0v) is 12.8. The molecule has 106 valence electrons. The molecular formula is C16H17BrO3. The van der Waals surface area contributed by atoms with Crippen LogP contribution in [0.15, 0.2) is 16.6 Å². The minimum Gasteiger partial charge on any atom is -0.486 e. The monoisotopic (exact) mass is 336 g/mol. The fraction of sp³-hybridized carbons (Fsp3) is 0.562. The SMILES string of the molecule is O=C(c1cc2c(cc1Br)OCCO2)C1CC2CCC1C2. The van der Waals surface area contributed by atoms with Crippen molar-refractivity contribution in [2.24, 2.45) is 17.8 Å². The molecule has 3 unspecified atom stereocenters. The van der Waals surface area contributed by atoms with Crippen molar-refractivity contribution in [1.82, 2.24) is 0 Å². The molecule has 0 amide bonds. The summed E-state index contributed by atoms with van der Waals surface area (Å²) in [4.78, 5) is 12.8. The molecule has 3 nitrogen and oxygen atoms in total. The minimum absolute atomic E-state index is 0.215. The molecule has 0 aromatic heterocycles. The summed E-state index contributed by atoms with van der Waals surface area (Å²) in [6, 6.07) is 3.72. The van der Waals surface area contributed by atoms with Gasteiger partial charge in [-0.3, -0.25) is 4.79 Å². The van der Waals surface area contributed by atoms with Crippen LogP contribution in [0.1, 0.15) is 36.0 Å². The van der Waals surface area contributed by atoms with Crippen LogP contribution < -0.4 is 9.47 Å². The summed E-state index contributed by atoms with van der Waals surface area (Å²) in [7, 11) is 0. The molecular weight excluding hydrogens is 320 g/mol. The van der Waals surface area contributed by atoms with Crippen LogP contribution in [0.4, 0.5) is 0 Å². The maximum absolute atomic E-state index is 12.8. The van der Waals surface area contributed by atoms with Crippen LogP contribution in [0.5, 0.6) is 11.5 Å². The number of carbonyl (C=O) groups excluding carboxylic acids is 1. The molecule has 0 saturated heterocycles. The molecule has 0 N–H and O–H groups in total. The smallest absolute Gasteiger partial charge is 0.167 e. The van der Waals surface area contributed by atoms with Gasteiger partial charge in [0.2, 0.25) is 0 Å². The number of ether oxygens (including phenoxy) is 2. The summed E-state index contributed by atoms with van der Waals surface area (Å²) < 4.78 is 12.0. The third-order valence-electron chi connectivity index (χ3n) is 4.97. The molecule has 2 saturated carbocycles. The molecule has 1 heterocycles. The highest BCUT2D eigenvalue weighted by Gasteiger charge is 2.43. The average molecular weight is 337 g/mol. The van der Waals surface area contributed by atoms with Crippen LogP contribution in [0.3, 0.4) is 0 Å². The van der Waals surface area contributed by atoms with Crippen molar-refractivity contribution < 1.29 is 14.3 Å². The minimum atomic E-state index is 0.215. The first-order valence-corrected chi connectivity index (χ1v) is 8.15. The summed E-state index contributed by atoms with van der Waals surface area (Å²) in [5, 5.41) is 0. The highest BCUT2D eigenvalue weighted by atomic mass is 79.9. The molecule has 4 heteroatoms. The fourth-order valence-corrected chi connectivity index (χ4v) is 4.54. The number of benzene rings is 1. The van der Waals surface area contributed by atoms with Crippen LogP contribution >= 0.6 is 15.9 Å².